The predicted molar refractivity (Wildman–Crippen MR) is 70.4 cm³/mol. The number of alkyl halides is 2. The van der Waals surface area contributed by atoms with Gasteiger partial charge in [-0.3, -0.25) is 14.8 Å². The quantitative estimate of drug-likeness (QED) is 0.872. The van der Waals surface area contributed by atoms with Gasteiger partial charge in [0.1, 0.15) is 5.92 Å². The number of carbonyl (C=O) groups excluding carboxylic acids is 1. The highest BCUT2D eigenvalue weighted by Gasteiger charge is 2.27. The van der Waals surface area contributed by atoms with Crippen molar-refractivity contribution in [2.75, 3.05) is 0 Å². The van der Waals surface area contributed by atoms with Crippen molar-refractivity contribution in [1.82, 2.24) is 15.1 Å². The highest BCUT2D eigenvalue weighted by atomic mass is 19.3. The molecule has 0 fully saturated rings. The Bertz CT molecular complexity index is 593. The van der Waals surface area contributed by atoms with Gasteiger partial charge in [-0.1, -0.05) is 29.8 Å². The van der Waals surface area contributed by atoms with Gasteiger partial charge in [0.05, 0.1) is 5.69 Å². The van der Waals surface area contributed by atoms with Gasteiger partial charge in [-0.15, -0.1) is 0 Å². The number of aryl methyl sites for hydroxylation is 2. The van der Waals surface area contributed by atoms with E-state index in [1.165, 1.54) is 10.9 Å². The first-order valence-corrected chi connectivity index (χ1v) is 6.12. The third-order valence-corrected chi connectivity index (χ3v) is 3.08. The van der Waals surface area contributed by atoms with Crippen LogP contribution < -0.4 is 5.32 Å². The lowest BCUT2D eigenvalue weighted by Crippen LogP contribution is -2.34. The van der Waals surface area contributed by atoms with Crippen molar-refractivity contribution in [1.29, 1.82) is 0 Å². The second-order valence-corrected chi connectivity index (χ2v) is 4.53. The van der Waals surface area contributed by atoms with E-state index >= 15 is 0 Å². The number of hydrogen-bond donors (Lipinski definition) is 1. The molecule has 106 valence electrons. The molecule has 0 saturated heterocycles. The van der Waals surface area contributed by atoms with Crippen LogP contribution in [0, 0.1) is 6.92 Å². The summed E-state index contributed by atoms with van der Waals surface area (Å²) >= 11 is 0. The fourth-order valence-electron chi connectivity index (χ4n) is 2.07. The summed E-state index contributed by atoms with van der Waals surface area (Å²) in [7, 11) is 1.67. The van der Waals surface area contributed by atoms with Crippen LogP contribution in [-0.2, 0) is 11.8 Å². The minimum absolute atomic E-state index is 0.562. The van der Waals surface area contributed by atoms with Crippen LogP contribution in [0.5, 0.6) is 0 Å². The standard InChI is InChI=1S/C14H15F2N3O/c1-9-3-5-10(6-4-9)12(13(20)18-14(15)16)11-7-8-17-19(11)2/h3-8,12,14H,1-2H3,(H,18,20). The maximum Gasteiger partial charge on any atom is 0.315 e. The Hall–Kier alpha value is -2.24. The molecule has 0 spiro atoms. The summed E-state index contributed by atoms with van der Waals surface area (Å²) in [6, 6.07) is 8.86. The molecule has 1 aromatic heterocycles. The van der Waals surface area contributed by atoms with Gasteiger partial charge in [0.2, 0.25) is 5.91 Å². The van der Waals surface area contributed by atoms with Crippen molar-refractivity contribution in [2.45, 2.75) is 19.4 Å². The molecule has 1 N–H and O–H groups in total. The Labute approximate surface area is 115 Å². The monoisotopic (exact) mass is 279 g/mol. The number of aromatic nitrogens is 2. The van der Waals surface area contributed by atoms with E-state index in [1.54, 1.807) is 30.6 Å². The van der Waals surface area contributed by atoms with Crippen LogP contribution in [0.3, 0.4) is 0 Å². The van der Waals surface area contributed by atoms with Crippen molar-refractivity contribution in [3.8, 4) is 0 Å². The van der Waals surface area contributed by atoms with Crippen molar-refractivity contribution in [3.63, 3.8) is 0 Å². The molecule has 1 atom stereocenters. The number of benzene rings is 1. The van der Waals surface area contributed by atoms with Crippen LogP contribution in [0.1, 0.15) is 22.7 Å². The van der Waals surface area contributed by atoms with E-state index in [0.29, 0.717) is 11.3 Å². The largest absolute Gasteiger partial charge is 0.315 e. The van der Waals surface area contributed by atoms with Crippen LogP contribution in [0.15, 0.2) is 36.5 Å². The molecule has 2 aromatic rings. The average molecular weight is 279 g/mol. The molecule has 0 radical (unpaired) electrons. The average Bonchev–Trinajstić information content (AvgIpc) is 2.78. The lowest BCUT2D eigenvalue weighted by atomic mass is 9.94. The third-order valence-electron chi connectivity index (χ3n) is 3.08. The first-order chi connectivity index (χ1) is 9.49. The number of rotatable bonds is 4. The van der Waals surface area contributed by atoms with E-state index in [0.717, 1.165) is 5.56 Å². The number of nitrogens with zero attached hydrogens (tertiary/aromatic N) is 2. The van der Waals surface area contributed by atoms with Gasteiger partial charge in [-0.05, 0) is 18.6 Å². The summed E-state index contributed by atoms with van der Waals surface area (Å²) in [5, 5.41) is 5.65. The number of nitrogens with one attached hydrogen (secondary N) is 1. The van der Waals surface area contributed by atoms with Gasteiger partial charge >= 0.3 is 6.55 Å². The molecule has 1 heterocycles. The molecule has 0 bridgehead atoms. The van der Waals surface area contributed by atoms with E-state index in [-0.39, 0.29) is 0 Å². The van der Waals surface area contributed by atoms with Gasteiger partial charge < -0.3 is 0 Å². The fraction of sp³-hybridized carbons (Fsp3) is 0.286. The maximum absolute atomic E-state index is 12.4. The van der Waals surface area contributed by atoms with Crippen LogP contribution in [0.4, 0.5) is 8.78 Å². The smallest absolute Gasteiger partial charge is 0.299 e. The molecule has 1 unspecified atom stereocenters. The van der Waals surface area contributed by atoms with Crippen molar-refractivity contribution in [2.24, 2.45) is 7.05 Å². The van der Waals surface area contributed by atoms with E-state index in [9.17, 15) is 13.6 Å². The molecule has 1 amide bonds. The summed E-state index contributed by atoms with van der Waals surface area (Å²) in [5.41, 5.74) is 2.25. The number of halogens is 2. The van der Waals surface area contributed by atoms with Crippen LogP contribution in [0.2, 0.25) is 0 Å². The second kappa shape index (κ2) is 5.81. The van der Waals surface area contributed by atoms with Gasteiger partial charge in [0.25, 0.3) is 0 Å². The molecule has 6 heteroatoms. The molecule has 2 rings (SSSR count). The summed E-state index contributed by atoms with van der Waals surface area (Å²) in [5.74, 6) is -1.55. The summed E-state index contributed by atoms with van der Waals surface area (Å²) in [6.07, 6.45) is 1.53. The van der Waals surface area contributed by atoms with E-state index < -0.39 is 18.4 Å². The van der Waals surface area contributed by atoms with Gasteiger partial charge in [0.15, 0.2) is 0 Å². The highest BCUT2D eigenvalue weighted by molar-refractivity contribution is 5.86. The molecule has 0 aliphatic heterocycles. The Balaban J connectivity index is 2.41. The Morgan fingerprint density at radius 2 is 1.90 bits per heavy atom. The first kappa shape index (κ1) is 14.2. The number of hydrogen-bond acceptors (Lipinski definition) is 2. The van der Waals surface area contributed by atoms with E-state index in [4.69, 9.17) is 0 Å². The van der Waals surface area contributed by atoms with E-state index in [2.05, 4.69) is 5.10 Å². The van der Waals surface area contributed by atoms with Gasteiger partial charge in [0, 0.05) is 13.2 Å². The summed E-state index contributed by atoms with van der Waals surface area (Å²) in [4.78, 5) is 12.1. The first-order valence-electron chi connectivity index (χ1n) is 6.12. The molecule has 0 aliphatic rings. The maximum atomic E-state index is 12.4. The van der Waals surface area contributed by atoms with Crippen molar-refractivity contribution < 1.29 is 13.6 Å². The zero-order valence-electron chi connectivity index (χ0n) is 11.2. The van der Waals surface area contributed by atoms with Crippen LogP contribution >= 0.6 is 0 Å². The van der Waals surface area contributed by atoms with Crippen molar-refractivity contribution >= 4 is 5.91 Å². The molecule has 20 heavy (non-hydrogen) atoms. The lowest BCUT2D eigenvalue weighted by Gasteiger charge is -2.17. The van der Waals surface area contributed by atoms with E-state index in [1.807, 2.05) is 19.1 Å². The van der Waals surface area contributed by atoms with Crippen LogP contribution in [0.25, 0.3) is 0 Å². The summed E-state index contributed by atoms with van der Waals surface area (Å²) < 4.78 is 26.3. The molecule has 1 aromatic carbocycles. The Morgan fingerprint density at radius 3 is 2.40 bits per heavy atom. The minimum Gasteiger partial charge on any atom is -0.299 e. The normalized spacial score (nSPS) is 12.4. The number of carbonyl (C=O) groups is 1. The second-order valence-electron chi connectivity index (χ2n) is 4.53. The summed E-state index contributed by atoms with van der Waals surface area (Å²) in [6.45, 7) is -0.967. The Kier molecular flexibility index (Phi) is 4.12. The molecule has 4 nitrogen and oxygen atoms in total. The molecular formula is C14H15F2N3O. The number of amides is 1. The minimum atomic E-state index is -2.89. The third kappa shape index (κ3) is 3.01. The highest BCUT2D eigenvalue weighted by Crippen LogP contribution is 2.25. The molecule has 0 aliphatic carbocycles. The predicted octanol–water partition coefficient (Wildman–Crippen LogP) is 2.20. The zero-order valence-corrected chi connectivity index (χ0v) is 11.2. The molecular weight excluding hydrogens is 264 g/mol. The topological polar surface area (TPSA) is 46.9 Å². The van der Waals surface area contributed by atoms with Crippen LogP contribution in [-0.4, -0.2) is 22.2 Å². The van der Waals surface area contributed by atoms with Gasteiger partial charge in [-0.25, -0.2) is 0 Å². The lowest BCUT2D eigenvalue weighted by molar-refractivity contribution is -0.125. The Morgan fingerprint density at radius 1 is 1.25 bits per heavy atom. The molecule has 0 saturated carbocycles. The zero-order chi connectivity index (χ0) is 14.7. The fourth-order valence-corrected chi connectivity index (χ4v) is 2.07. The SMILES string of the molecule is Cc1ccc(C(C(=O)NC(F)F)c2ccnn2C)cc1. The van der Waals surface area contributed by atoms with Crippen molar-refractivity contribution in [3.05, 3.63) is 53.3 Å². The van der Waals surface area contributed by atoms with Gasteiger partial charge in [-0.2, -0.15) is 13.9 Å².